The first-order chi connectivity index (χ1) is 9.19. The van der Waals surface area contributed by atoms with Gasteiger partial charge in [0.05, 0.1) is 17.3 Å². The number of phenols is 1. The van der Waals surface area contributed by atoms with Crippen LogP contribution >= 0.6 is 0 Å². The standard InChI is InChI=1S/C15H13FN2O/c16-14-9-12(10-17)3-6-15(14)18-8-7-11-1-4-13(19)5-2-11/h1-6,9,18-19H,7-8H2. The van der Waals surface area contributed by atoms with E-state index in [9.17, 15) is 4.39 Å². The topological polar surface area (TPSA) is 56.0 Å². The zero-order valence-corrected chi connectivity index (χ0v) is 10.2. The highest BCUT2D eigenvalue weighted by Gasteiger charge is 2.02. The first-order valence-electron chi connectivity index (χ1n) is 5.90. The van der Waals surface area contributed by atoms with Gasteiger partial charge in [0.1, 0.15) is 11.6 Å². The zero-order valence-electron chi connectivity index (χ0n) is 10.2. The molecule has 0 saturated carbocycles. The van der Waals surface area contributed by atoms with E-state index in [1.807, 2.05) is 18.2 Å². The van der Waals surface area contributed by atoms with Crippen LogP contribution in [0.3, 0.4) is 0 Å². The van der Waals surface area contributed by atoms with Gasteiger partial charge in [-0.05, 0) is 42.3 Å². The average Bonchev–Trinajstić information content (AvgIpc) is 2.42. The Morgan fingerprint density at radius 2 is 1.89 bits per heavy atom. The summed E-state index contributed by atoms with van der Waals surface area (Å²) in [5.41, 5.74) is 1.75. The van der Waals surface area contributed by atoms with Gasteiger partial charge in [-0.25, -0.2) is 4.39 Å². The Morgan fingerprint density at radius 3 is 2.53 bits per heavy atom. The summed E-state index contributed by atoms with van der Waals surface area (Å²) in [6.07, 6.45) is 0.722. The quantitative estimate of drug-likeness (QED) is 0.884. The first-order valence-corrected chi connectivity index (χ1v) is 5.90. The summed E-state index contributed by atoms with van der Waals surface area (Å²) < 4.78 is 13.6. The number of benzene rings is 2. The second-order valence-corrected chi connectivity index (χ2v) is 4.15. The fourth-order valence-corrected chi connectivity index (χ4v) is 1.73. The molecule has 0 aliphatic rings. The van der Waals surface area contributed by atoms with Crippen LogP contribution in [0.15, 0.2) is 42.5 Å². The highest BCUT2D eigenvalue weighted by atomic mass is 19.1. The number of halogens is 1. The van der Waals surface area contributed by atoms with Crippen LogP contribution in [0.25, 0.3) is 0 Å². The van der Waals surface area contributed by atoms with Crippen LogP contribution < -0.4 is 5.32 Å². The van der Waals surface area contributed by atoms with Gasteiger partial charge < -0.3 is 10.4 Å². The minimum absolute atomic E-state index is 0.231. The molecule has 96 valence electrons. The Kier molecular flexibility index (Phi) is 3.99. The summed E-state index contributed by atoms with van der Waals surface area (Å²) in [5, 5.41) is 20.8. The third-order valence-corrected chi connectivity index (χ3v) is 2.76. The van der Waals surface area contributed by atoms with E-state index in [1.54, 1.807) is 24.3 Å². The van der Waals surface area contributed by atoms with E-state index in [2.05, 4.69) is 5.32 Å². The number of hydrogen-bond donors (Lipinski definition) is 2. The van der Waals surface area contributed by atoms with Crippen LogP contribution in [0.1, 0.15) is 11.1 Å². The maximum absolute atomic E-state index is 13.6. The number of nitrogens with zero attached hydrogens (tertiary/aromatic N) is 1. The monoisotopic (exact) mass is 256 g/mol. The first kappa shape index (κ1) is 12.9. The molecule has 0 fully saturated rings. The van der Waals surface area contributed by atoms with E-state index in [1.165, 1.54) is 6.07 Å². The molecule has 2 aromatic rings. The molecule has 0 heterocycles. The number of phenolic OH excluding ortho intramolecular Hbond substituents is 1. The van der Waals surface area contributed by atoms with Crippen LogP contribution in [0, 0.1) is 17.1 Å². The molecule has 2 N–H and O–H groups in total. The Hall–Kier alpha value is -2.54. The van der Waals surface area contributed by atoms with E-state index in [0.717, 1.165) is 12.0 Å². The van der Waals surface area contributed by atoms with E-state index in [0.29, 0.717) is 17.8 Å². The van der Waals surface area contributed by atoms with Crippen molar-refractivity contribution in [1.29, 1.82) is 5.26 Å². The lowest BCUT2D eigenvalue weighted by Crippen LogP contribution is -2.06. The number of nitrogens with one attached hydrogen (secondary N) is 1. The number of nitriles is 1. The lowest BCUT2D eigenvalue weighted by Gasteiger charge is -2.07. The molecule has 0 bridgehead atoms. The van der Waals surface area contributed by atoms with Crippen LogP contribution in [0.5, 0.6) is 5.75 Å². The Balaban J connectivity index is 1.92. The number of anilines is 1. The molecule has 0 aliphatic heterocycles. The molecular weight excluding hydrogens is 243 g/mol. The van der Waals surface area contributed by atoms with Crippen molar-refractivity contribution in [3.8, 4) is 11.8 Å². The van der Waals surface area contributed by atoms with Gasteiger partial charge in [0, 0.05) is 6.54 Å². The van der Waals surface area contributed by atoms with E-state index in [4.69, 9.17) is 10.4 Å². The molecule has 4 heteroatoms. The van der Waals surface area contributed by atoms with Gasteiger partial charge in [0.2, 0.25) is 0 Å². The van der Waals surface area contributed by atoms with Crippen molar-refractivity contribution in [3.05, 3.63) is 59.4 Å². The lowest BCUT2D eigenvalue weighted by atomic mass is 10.1. The Labute approximate surface area is 110 Å². The average molecular weight is 256 g/mol. The third kappa shape index (κ3) is 3.46. The molecule has 2 rings (SSSR count). The predicted octanol–water partition coefficient (Wildman–Crippen LogP) is 3.06. The van der Waals surface area contributed by atoms with Crippen molar-refractivity contribution >= 4 is 5.69 Å². The summed E-state index contributed by atoms with van der Waals surface area (Å²) in [5.74, 6) is -0.195. The van der Waals surface area contributed by atoms with E-state index >= 15 is 0 Å². The van der Waals surface area contributed by atoms with Crippen LogP contribution in [-0.4, -0.2) is 11.7 Å². The van der Waals surface area contributed by atoms with Crippen LogP contribution in [0.2, 0.25) is 0 Å². The smallest absolute Gasteiger partial charge is 0.147 e. The predicted molar refractivity (Wildman–Crippen MR) is 71.4 cm³/mol. The van der Waals surface area contributed by atoms with Crippen molar-refractivity contribution in [1.82, 2.24) is 0 Å². The SMILES string of the molecule is N#Cc1ccc(NCCc2ccc(O)cc2)c(F)c1. The Morgan fingerprint density at radius 1 is 1.16 bits per heavy atom. The maximum Gasteiger partial charge on any atom is 0.147 e. The largest absolute Gasteiger partial charge is 0.508 e. The zero-order chi connectivity index (χ0) is 13.7. The van der Waals surface area contributed by atoms with Crippen molar-refractivity contribution < 1.29 is 9.50 Å². The summed E-state index contributed by atoms with van der Waals surface area (Å²) in [4.78, 5) is 0. The number of rotatable bonds is 4. The molecule has 0 aliphatic carbocycles. The minimum Gasteiger partial charge on any atom is -0.508 e. The third-order valence-electron chi connectivity index (χ3n) is 2.76. The fraction of sp³-hybridized carbons (Fsp3) is 0.133. The second kappa shape index (κ2) is 5.87. The number of hydrogen-bond acceptors (Lipinski definition) is 3. The molecule has 0 atom stereocenters. The van der Waals surface area contributed by atoms with Crippen molar-refractivity contribution in [2.24, 2.45) is 0 Å². The Bertz CT molecular complexity index is 603. The summed E-state index contributed by atoms with van der Waals surface area (Å²) in [6, 6.07) is 13.1. The maximum atomic E-state index is 13.6. The van der Waals surface area contributed by atoms with Crippen molar-refractivity contribution in [2.45, 2.75) is 6.42 Å². The second-order valence-electron chi connectivity index (χ2n) is 4.15. The molecule has 0 unspecified atom stereocenters. The van der Waals surface area contributed by atoms with Gasteiger partial charge in [-0.2, -0.15) is 5.26 Å². The molecule has 19 heavy (non-hydrogen) atoms. The lowest BCUT2D eigenvalue weighted by molar-refractivity contribution is 0.475. The summed E-state index contributed by atoms with van der Waals surface area (Å²) >= 11 is 0. The molecule has 0 radical (unpaired) electrons. The molecule has 2 aromatic carbocycles. The molecule has 0 spiro atoms. The minimum atomic E-state index is -0.426. The fourth-order valence-electron chi connectivity index (χ4n) is 1.73. The van der Waals surface area contributed by atoms with Crippen molar-refractivity contribution in [2.75, 3.05) is 11.9 Å². The molecule has 0 saturated heterocycles. The van der Waals surface area contributed by atoms with Crippen LogP contribution in [-0.2, 0) is 6.42 Å². The normalized spacial score (nSPS) is 9.89. The summed E-state index contributed by atoms with van der Waals surface area (Å²) in [7, 11) is 0. The van der Waals surface area contributed by atoms with Gasteiger partial charge in [-0.3, -0.25) is 0 Å². The molecule has 3 nitrogen and oxygen atoms in total. The molecule has 0 aromatic heterocycles. The van der Waals surface area contributed by atoms with Gasteiger partial charge in [-0.1, -0.05) is 12.1 Å². The van der Waals surface area contributed by atoms with Crippen molar-refractivity contribution in [3.63, 3.8) is 0 Å². The van der Waals surface area contributed by atoms with E-state index in [-0.39, 0.29) is 5.75 Å². The van der Waals surface area contributed by atoms with Gasteiger partial charge in [0.15, 0.2) is 0 Å². The highest BCUT2D eigenvalue weighted by Crippen LogP contribution is 2.16. The summed E-state index contributed by atoms with van der Waals surface area (Å²) in [6.45, 7) is 0.577. The molecule has 0 amide bonds. The van der Waals surface area contributed by atoms with E-state index < -0.39 is 5.82 Å². The molecular formula is C15H13FN2O. The van der Waals surface area contributed by atoms with Gasteiger partial charge in [0.25, 0.3) is 0 Å². The highest BCUT2D eigenvalue weighted by molar-refractivity contribution is 5.48. The van der Waals surface area contributed by atoms with Gasteiger partial charge in [-0.15, -0.1) is 0 Å². The number of aromatic hydroxyl groups is 1. The van der Waals surface area contributed by atoms with Crippen LogP contribution in [0.4, 0.5) is 10.1 Å². The van der Waals surface area contributed by atoms with Gasteiger partial charge >= 0.3 is 0 Å².